The highest BCUT2D eigenvalue weighted by Gasteiger charge is 2.44. The van der Waals surface area contributed by atoms with Crippen LogP contribution in [0.3, 0.4) is 0 Å². The summed E-state index contributed by atoms with van der Waals surface area (Å²) in [7, 11) is -2.67. The first-order valence-electron chi connectivity index (χ1n) is 12.3. The Morgan fingerprint density at radius 2 is 1.55 bits per heavy atom. The Hall–Kier alpha value is -2.64. The summed E-state index contributed by atoms with van der Waals surface area (Å²) in [4.78, 5) is 26.1. The summed E-state index contributed by atoms with van der Waals surface area (Å²) >= 11 is 6.24. The Bertz CT molecular complexity index is 1260. The van der Waals surface area contributed by atoms with Crippen molar-refractivity contribution >= 4 is 50.0 Å². The minimum Gasteiger partial charge on any atom is -0.497 e. The molecule has 0 saturated heterocycles. The molecule has 3 atom stereocenters. The van der Waals surface area contributed by atoms with E-state index in [9.17, 15) is 31.2 Å². The number of Topliss-reactive ketones (excluding diaryl/α,β-unsaturated/α-hetero) is 1. The van der Waals surface area contributed by atoms with Gasteiger partial charge in [0.15, 0.2) is 20.9 Å². The highest BCUT2D eigenvalue weighted by Crippen LogP contribution is 2.40. The van der Waals surface area contributed by atoms with E-state index in [0.717, 1.165) is 42.3 Å². The fourth-order valence-corrected chi connectivity index (χ4v) is 7.09. The van der Waals surface area contributed by atoms with Crippen LogP contribution < -0.4 is 4.74 Å². The van der Waals surface area contributed by atoms with E-state index in [1.807, 2.05) is 0 Å². The lowest BCUT2D eigenvalue weighted by Crippen LogP contribution is -2.41. The van der Waals surface area contributed by atoms with Crippen molar-refractivity contribution in [1.82, 2.24) is 0 Å². The van der Waals surface area contributed by atoms with E-state index in [1.54, 1.807) is 31.2 Å². The number of hydrogen-bond acceptors (Lipinski definition) is 9. The summed E-state index contributed by atoms with van der Waals surface area (Å²) in [6.07, 6.45) is -3.81. The number of carbonyl (C=O) groups is 2. The van der Waals surface area contributed by atoms with Crippen LogP contribution in [0, 0.1) is 0 Å². The van der Waals surface area contributed by atoms with Crippen molar-refractivity contribution in [3.63, 3.8) is 0 Å². The van der Waals surface area contributed by atoms with Gasteiger partial charge in [0.2, 0.25) is 4.38 Å². The minimum atomic E-state index is -4.62. The van der Waals surface area contributed by atoms with Crippen LogP contribution in [0.2, 0.25) is 0 Å². The summed E-state index contributed by atoms with van der Waals surface area (Å²) < 4.78 is 81.4. The summed E-state index contributed by atoms with van der Waals surface area (Å²) in [6.45, 7) is 3.30. The Morgan fingerprint density at radius 1 is 0.975 bits per heavy atom. The molecule has 0 spiro atoms. The molecule has 0 saturated carbocycles. The second kappa shape index (κ2) is 14.8. The van der Waals surface area contributed by atoms with Gasteiger partial charge in [-0.25, -0.2) is 8.42 Å². The molecular formula is C27H31F3O7S3. The Kier molecular flexibility index (Phi) is 12.4. The first-order chi connectivity index (χ1) is 18.7. The van der Waals surface area contributed by atoms with Crippen molar-refractivity contribution in [3.8, 4) is 5.75 Å². The number of alkyl halides is 3. The van der Waals surface area contributed by atoms with E-state index >= 15 is 0 Å². The lowest BCUT2D eigenvalue weighted by atomic mass is 9.88. The number of esters is 1. The van der Waals surface area contributed by atoms with Crippen LogP contribution in [0.4, 0.5) is 13.2 Å². The molecule has 3 unspecified atom stereocenters. The molecule has 220 valence electrons. The van der Waals surface area contributed by atoms with Gasteiger partial charge >= 0.3 is 12.1 Å². The van der Waals surface area contributed by atoms with Crippen molar-refractivity contribution in [2.45, 2.75) is 49.3 Å². The number of rotatable bonds is 13. The lowest BCUT2D eigenvalue weighted by molar-refractivity contribution is -0.143. The fraction of sp³-hybridized carbons (Fsp3) is 0.444. The average Bonchev–Trinajstić information content (AvgIpc) is 2.88. The maximum atomic E-state index is 13.3. The van der Waals surface area contributed by atoms with Crippen LogP contribution in [0.1, 0.15) is 54.1 Å². The number of ether oxygens (including phenoxy) is 3. The summed E-state index contributed by atoms with van der Waals surface area (Å²) in [6, 6.07) is 10.3. The highest BCUT2D eigenvalue weighted by molar-refractivity contribution is 8.23. The van der Waals surface area contributed by atoms with Crippen LogP contribution >= 0.6 is 24.0 Å². The third kappa shape index (κ3) is 9.48. The molecule has 0 bridgehead atoms. The Morgan fingerprint density at radius 3 is 2.02 bits per heavy atom. The number of methoxy groups -OCH3 is 1. The van der Waals surface area contributed by atoms with Gasteiger partial charge in [-0.3, -0.25) is 9.59 Å². The van der Waals surface area contributed by atoms with Gasteiger partial charge in [-0.15, -0.1) is 0 Å². The number of thioether (sulfide) groups is 1. The van der Waals surface area contributed by atoms with E-state index in [0.29, 0.717) is 11.3 Å². The lowest BCUT2D eigenvalue weighted by Gasteiger charge is -2.32. The quantitative estimate of drug-likeness (QED) is 0.155. The standard InChI is InChI=1S/C27H31F3O7S3/c1-5-36-25(32)24(40(4,33)34)23(18-7-11-19(12-8-18)27(28,29)30)22(39-26(38)37-6-2)16-15-21(31)17-9-13-20(35-3)14-10-17/h7-14,22-24H,5-6,15-16H2,1-4H3. The minimum absolute atomic E-state index is 0.0276. The molecule has 0 heterocycles. The highest BCUT2D eigenvalue weighted by atomic mass is 32.2. The molecule has 0 N–H and O–H groups in total. The van der Waals surface area contributed by atoms with Gasteiger partial charge in [0.1, 0.15) is 5.75 Å². The molecule has 0 radical (unpaired) electrons. The first-order valence-corrected chi connectivity index (χ1v) is 15.5. The van der Waals surface area contributed by atoms with Crippen LogP contribution in [0.15, 0.2) is 48.5 Å². The molecule has 13 heteroatoms. The number of sulfone groups is 1. The number of ketones is 1. The van der Waals surface area contributed by atoms with E-state index < -0.39 is 44.0 Å². The molecule has 40 heavy (non-hydrogen) atoms. The number of thiocarbonyl (C=S) groups is 1. The van der Waals surface area contributed by atoms with E-state index in [4.69, 9.17) is 26.4 Å². The summed E-state index contributed by atoms with van der Waals surface area (Å²) in [5.74, 6) is -1.98. The van der Waals surface area contributed by atoms with Gasteiger partial charge in [-0.05, 0) is 74.4 Å². The SMILES string of the molecule is CCOC(=O)C(C(c1ccc(C(F)(F)F)cc1)C(CCC(=O)c1ccc(OC)cc1)SC(=S)OCC)S(C)(=O)=O. The molecule has 0 aliphatic carbocycles. The molecule has 2 aromatic carbocycles. The van der Waals surface area contributed by atoms with Gasteiger partial charge in [-0.2, -0.15) is 13.2 Å². The topological polar surface area (TPSA) is 96.0 Å². The second-order valence-electron chi connectivity index (χ2n) is 8.68. The monoisotopic (exact) mass is 620 g/mol. The first kappa shape index (κ1) is 33.6. The number of benzene rings is 2. The van der Waals surface area contributed by atoms with Gasteiger partial charge in [0.05, 0.1) is 25.9 Å². The summed E-state index contributed by atoms with van der Waals surface area (Å²) in [5, 5.41) is -2.63. The van der Waals surface area contributed by atoms with Gasteiger partial charge in [0, 0.05) is 29.4 Å². The zero-order valence-corrected chi connectivity index (χ0v) is 24.8. The zero-order chi connectivity index (χ0) is 30.1. The normalized spacial score (nSPS) is 14.1. The third-order valence-corrected chi connectivity index (χ3v) is 8.86. The largest absolute Gasteiger partial charge is 0.497 e. The maximum Gasteiger partial charge on any atom is 0.416 e. The Balaban J connectivity index is 2.60. The molecule has 0 aliphatic rings. The molecule has 2 rings (SSSR count). The van der Waals surface area contributed by atoms with Crippen molar-refractivity contribution in [3.05, 3.63) is 65.2 Å². The van der Waals surface area contributed by atoms with Crippen LogP contribution in [0.5, 0.6) is 5.75 Å². The number of hydrogen-bond donors (Lipinski definition) is 0. The van der Waals surface area contributed by atoms with Gasteiger partial charge < -0.3 is 14.2 Å². The van der Waals surface area contributed by atoms with Crippen molar-refractivity contribution < 1.29 is 45.4 Å². The molecule has 0 aromatic heterocycles. The van der Waals surface area contributed by atoms with Gasteiger partial charge in [0.25, 0.3) is 0 Å². The van der Waals surface area contributed by atoms with Crippen molar-refractivity contribution in [2.75, 3.05) is 26.6 Å². The third-order valence-electron chi connectivity index (χ3n) is 5.91. The average molecular weight is 621 g/mol. The zero-order valence-electron chi connectivity index (χ0n) is 22.4. The van der Waals surface area contributed by atoms with Crippen molar-refractivity contribution in [1.29, 1.82) is 0 Å². The molecule has 0 amide bonds. The Labute approximate surface area is 241 Å². The molecule has 2 aromatic rings. The van der Waals surface area contributed by atoms with E-state index in [1.165, 1.54) is 14.0 Å². The molecular weight excluding hydrogens is 589 g/mol. The van der Waals surface area contributed by atoms with Crippen LogP contribution in [0.25, 0.3) is 0 Å². The maximum absolute atomic E-state index is 13.3. The smallest absolute Gasteiger partial charge is 0.416 e. The molecule has 7 nitrogen and oxygen atoms in total. The van der Waals surface area contributed by atoms with Crippen LogP contribution in [-0.2, 0) is 30.3 Å². The predicted molar refractivity (Wildman–Crippen MR) is 152 cm³/mol. The number of halogens is 3. The van der Waals surface area contributed by atoms with Crippen LogP contribution in [-0.4, -0.2) is 61.6 Å². The van der Waals surface area contributed by atoms with E-state index in [-0.39, 0.29) is 41.8 Å². The van der Waals surface area contributed by atoms with E-state index in [2.05, 4.69) is 0 Å². The summed E-state index contributed by atoms with van der Waals surface area (Å²) in [5.41, 5.74) is -0.413. The number of carbonyl (C=O) groups excluding carboxylic acids is 2. The fourth-order valence-electron chi connectivity index (χ4n) is 4.07. The molecule has 0 aliphatic heterocycles. The predicted octanol–water partition coefficient (Wildman–Crippen LogP) is 5.86. The van der Waals surface area contributed by atoms with Crippen molar-refractivity contribution in [2.24, 2.45) is 0 Å². The van der Waals surface area contributed by atoms with Gasteiger partial charge in [-0.1, -0.05) is 23.9 Å². The molecule has 0 fully saturated rings. The second-order valence-corrected chi connectivity index (χ2v) is 12.7.